The van der Waals surface area contributed by atoms with Gasteiger partial charge in [-0.05, 0) is 23.7 Å². The van der Waals surface area contributed by atoms with Crippen molar-refractivity contribution in [3.05, 3.63) is 41.5 Å². The number of hydrogen-bond acceptors (Lipinski definition) is 2. The van der Waals surface area contributed by atoms with Crippen molar-refractivity contribution in [3.63, 3.8) is 0 Å². The fourth-order valence-electron chi connectivity index (χ4n) is 1.69. The van der Waals surface area contributed by atoms with Crippen LogP contribution in [0, 0.1) is 0 Å². The molecule has 110 valence electrons. The fraction of sp³-hybridized carbons (Fsp3) is 0.357. The van der Waals surface area contributed by atoms with E-state index in [4.69, 9.17) is 5.11 Å². The zero-order chi connectivity index (χ0) is 15.2. The van der Waals surface area contributed by atoms with E-state index in [0.29, 0.717) is 12.1 Å². The van der Waals surface area contributed by atoms with Crippen LogP contribution in [0.2, 0.25) is 0 Å². The first kappa shape index (κ1) is 16.2. The van der Waals surface area contributed by atoms with Crippen LogP contribution in [0.1, 0.15) is 18.1 Å². The molecule has 0 amide bonds. The van der Waals surface area contributed by atoms with Crippen molar-refractivity contribution in [2.45, 2.75) is 19.6 Å². The molecule has 0 unspecified atom stereocenters. The van der Waals surface area contributed by atoms with E-state index in [-0.39, 0.29) is 6.54 Å². The predicted octanol–water partition coefficient (Wildman–Crippen LogP) is 3.17. The quantitative estimate of drug-likeness (QED) is 0.817. The van der Waals surface area contributed by atoms with Gasteiger partial charge in [0.25, 0.3) is 0 Å². The van der Waals surface area contributed by atoms with Gasteiger partial charge in [0.1, 0.15) is 0 Å². The molecule has 3 nitrogen and oxygen atoms in total. The van der Waals surface area contributed by atoms with E-state index in [0.717, 1.165) is 11.6 Å². The summed E-state index contributed by atoms with van der Waals surface area (Å²) in [5.74, 6) is -1.04. The van der Waals surface area contributed by atoms with Crippen molar-refractivity contribution in [2.75, 3.05) is 13.1 Å². The van der Waals surface area contributed by atoms with E-state index in [1.807, 2.05) is 0 Å². The van der Waals surface area contributed by atoms with Gasteiger partial charge in [0.15, 0.2) is 0 Å². The summed E-state index contributed by atoms with van der Waals surface area (Å²) >= 11 is 0. The number of benzene rings is 1. The summed E-state index contributed by atoms with van der Waals surface area (Å²) in [6.07, 6.45) is -1.77. The summed E-state index contributed by atoms with van der Waals surface area (Å²) in [7, 11) is 0. The maximum absolute atomic E-state index is 12.3. The summed E-state index contributed by atoms with van der Waals surface area (Å²) < 4.78 is 37.0. The molecule has 0 spiro atoms. The van der Waals surface area contributed by atoms with Crippen LogP contribution in [0.25, 0.3) is 6.08 Å². The lowest BCUT2D eigenvalue weighted by atomic mass is 10.1. The van der Waals surface area contributed by atoms with Crippen LogP contribution in [0.3, 0.4) is 0 Å². The van der Waals surface area contributed by atoms with Crippen LogP contribution < -0.4 is 0 Å². The largest absolute Gasteiger partial charge is 0.478 e. The lowest BCUT2D eigenvalue weighted by Gasteiger charge is -2.21. The highest BCUT2D eigenvalue weighted by molar-refractivity contribution is 5.85. The molecule has 0 aliphatic heterocycles. The second-order valence-corrected chi connectivity index (χ2v) is 4.33. The molecule has 0 atom stereocenters. The van der Waals surface area contributed by atoms with E-state index in [2.05, 4.69) is 0 Å². The summed E-state index contributed by atoms with van der Waals surface area (Å²) in [5.41, 5.74) is 1.44. The lowest BCUT2D eigenvalue weighted by molar-refractivity contribution is -0.146. The molecule has 0 saturated carbocycles. The van der Waals surface area contributed by atoms with Crippen LogP contribution in [-0.4, -0.2) is 35.2 Å². The molecule has 0 aliphatic rings. The minimum absolute atomic E-state index is 0.207. The Morgan fingerprint density at radius 2 is 1.90 bits per heavy atom. The van der Waals surface area contributed by atoms with E-state index < -0.39 is 18.7 Å². The van der Waals surface area contributed by atoms with E-state index in [1.165, 1.54) is 11.0 Å². The Balaban J connectivity index is 2.66. The number of carboxylic acids is 1. The first-order valence-corrected chi connectivity index (χ1v) is 6.09. The Morgan fingerprint density at radius 1 is 1.30 bits per heavy atom. The summed E-state index contributed by atoms with van der Waals surface area (Å²) in [4.78, 5) is 11.7. The summed E-state index contributed by atoms with van der Waals surface area (Å²) in [6.45, 7) is 1.25. The van der Waals surface area contributed by atoms with E-state index in [9.17, 15) is 18.0 Å². The Labute approximate surface area is 115 Å². The van der Waals surface area contributed by atoms with Crippen LogP contribution in [0.4, 0.5) is 13.2 Å². The van der Waals surface area contributed by atoms with E-state index in [1.54, 1.807) is 31.2 Å². The normalized spacial score (nSPS) is 12.2. The first-order chi connectivity index (χ1) is 9.30. The van der Waals surface area contributed by atoms with Crippen molar-refractivity contribution in [2.24, 2.45) is 0 Å². The third-order valence-corrected chi connectivity index (χ3v) is 2.65. The molecular weight excluding hydrogens is 271 g/mol. The van der Waals surface area contributed by atoms with Gasteiger partial charge in [-0.2, -0.15) is 13.2 Å². The fourth-order valence-corrected chi connectivity index (χ4v) is 1.69. The monoisotopic (exact) mass is 287 g/mol. The van der Waals surface area contributed by atoms with E-state index >= 15 is 0 Å². The van der Waals surface area contributed by atoms with Crippen LogP contribution in [0.15, 0.2) is 30.3 Å². The molecule has 0 radical (unpaired) electrons. The average Bonchev–Trinajstić information content (AvgIpc) is 2.35. The molecule has 0 saturated heterocycles. The minimum atomic E-state index is -4.21. The maximum Gasteiger partial charge on any atom is 0.401 e. The van der Waals surface area contributed by atoms with Crippen molar-refractivity contribution < 1.29 is 23.1 Å². The number of aliphatic carboxylic acids is 1. The number of alkyl halides is 3. The molecule has 0 fully saturated rings. The molecule has 1 N–H and O–H groups in total. The van der Waals surface area contributed by atoms with Gasteiger partial charge in [0.2, 0.25) is 0 Å². The Hall–Kier alpha value is -1.82. The molecule has 20 heavy (non-hydrogen) atoms. The molecule has 0 aliphatic carbocycles. The maximum atomic E-state index is 12.3. The van der Waals surface area contributed by atoms with Gasteiger partial charge < -0.3 is 5.11 Å². The zero-order valence-electron chi connectivity index (χ0n) is 11.0. The van der Waals surface area contributed by atoms with Gasteiger partial charge >= 0.3 is 12.1 Å². The molecule has 0 aromatic heterocycles. The number of carbonyl (C=O) groups is 1. The van der Waals surface area contributed by atoms with Crippen molar-refractivity contribution in [1.29, 1.82) is 0 Å². The molecule has 6 heteroatoms. The number of carboxylic acid groups (broad SMARTS) is 1. The number of halogens is 3. The number of nitrogens with zero attached hydrogens (tertiary/aromatic N) is 1. The predicted molar refractivity (Wildman–Crippen MR) is 70.1 cm³/mol. The molecule has 1 aromatic carbocycles. The number of hydrogen-bond donors (Lipinski definition) is 1. The molecule has 1 rings (SSSR count). The molecular formula is C14H16F3NO2. The van der Waals surface area contributed by atoms with Crippen LogP contribution in [-0.2, 0) is 11.3 Å². The van der Waals surface area contributed by atoms with Gasteiger partial charge in [-0.15, -0.1) is 0 Å². The first-order valence-electron chi connectivity index (χ1n) is 6.09. The Morgan fingerprint density at radius 3 is 2.35 bits per heavy atom. The number of rotatable bonds is 6. The highest BCUT2D eigenvalue weighted by Gasteiger charge is 2.29. The Bertz CT molecular complexity index is 466. The smallest absolute Gasteiger partial charge is 0.401 e. The van der Waals surface area contributed by atoms with Crippen molar-refractivity contribution in [1.82, 2.24) is 4.90 Å². The van der Waals surface area contributed by atoms with Crippen molar-refractivity contribution >= 4 is 12.0 Å². The summed E-state index contributed by atoms with van der Waals surface area (Å²) in [5, 5.41) is 8.49. The zero-order valence-corrected chi connectivity index (χ0v) is 11.0. The molecule has 0 heterocycles. The van der Waals surface area contributed by atoms with Gasteiger partial charge in [0.05, 0.1) is 6.54 Å². The standard InChI is InChI=1S/C14H16F3NO2/c1-2-18(10-14(15,16)17)9-12-5-3-11(4-6-12)7-8-13(19)20/h3-8H,2,9-10H2,1H3,(H,19,20). The van der Waals surface area contributed by atoms with Crippen LogP contribution >= 0.6 is 0 Å². The third kappa shape index (κ3) is 6.38. The third-order valence-electron chi connectivity index (χ3n) is 2.65. The second-order valence-electron chi connectivity index (χ2n) is 4.33. The summed E-state index contributed by atoms with van der Waals surface area (Å²) in [6, 6.07) is 6.74. The minimum Gasteiger partial charge on any atom is -0.478 e. The highest BCUT2D eigenvalue weighted by Crippen LogP contribution is 2.18. The highest BCUT2D eigenvalue weighted by atomic mass is 19.4. The topological polar surface area (TPSA) is 40.5 Å². The van der Waals surface area contributed by atoms with Gasteiger partial charge in [0, 0.05) is 12.6 Å². The molecule has 1 aromatic rings. The van der Waals surface area contributed by atoms with Gasteiger partial charge in [-0.1, -0.05) is 31.2 Å². The second kappa shape index (κ2) is 7.09. The van der Waals surface area contributed by atoms with Crippen LogP contribution in [0.5, 0.6) is 0 Å². The molecule has 0 bridgehead atoms. The lowest BCUT2D eigenvalue weighted by Crippen LogP contribution is -2.33. The average molecular weight is 287 g/mol. The van der Waals surface area contributed by atoms with Crippen molar-refractivity contribution in [3.8, 4) is 0 Å². The van der Waals surface area contributed by atoms with Gasteiger partial charge in [-0.3, -0.25) is 4.90 Å². The Kier molecular flexibility index (Phi) is 5.76. The van der Waals surface area contributed by atoms with Gasteiger partial charge in [-0.25, -0.2) is 4.79 Å². The SMILES string of the molecule is CCN(Cc1ccc(C=CC(=O)O)cc1)CC(F)(F)F.